The van der Waals surface area contributed by atoms with E-state index in [1.54, 1.807) is 0 Å². The molecule has 1 aliphatic carbocycles. The van der Waals surface area contributed by atoms with Crippen molar-refractivity contribution in [2.75, 3.05) is 6.54 Å². The van der Waals surface area contributed by atoms with Gasteiger partial charge in [0.05, 0.1) is 12.2 Å². The van der Waals surface area contributed by atoms with Crippen molar-refractivity contribution in [1.82, 2.24) is 0 Å². The molecule has 7 rings (SSSR count). The Morgan fingerprint density at radius 2 is 1.50 bits per heavy atom. The molecule has 68 heavy (non-hydrogen) atoms. The maximum Gasteiger partial charge on any atom is 0.334 e. The van der Waals surface area contributed by atoms with Gasteiger partial charge in [0, 0.05) is 54.8 Å². The fourth-order valence-electron chi connectivity index (χ4n) is 13.3. The van der Waals surface area contributed by atoms with Gasteiger partial charge in [0.2, 0.25) is 5.79 Å². The highest BCUT2D eigenvalue weighted by molar-refractivity contribution is 5.92. The van der Waals surface area contributed by atoms with E-state index in [4.69, 9.17) is 28.7 Å². The lowest BCUT2D eigenvalue weighted by Gasteiger charge is -2.57. The minimum Gasteiger partial charge on any atom is -0.462 e. The molecule has 4 bridgehead atoms. The minimum atomic E-state index is -1.38. The summed E-state index contributed by atoms with van der Waals surface area (Å²) in [5.74, 6) is -1.65. The number of hydrogen-bond acceptors (Lipinski definition) is 9. The molecule has 9 nitrogen and oxygen atoms in total. The molecule has 3 saturated heterocycles. The van der Waals surface area contributed by atoms with Crippen LogP contribution in [-0.4, -0.2) is 70.9 Å². The van der Waals surface area contributed by atoms with E-state index in [9.17, 15) is 14.7 Å². The first-order valence-electron chi connectivity index (χ1n) is 28.0. The highest BCUT2D eigenvalue weighted by Crippen LogP contribution is 2.56. The largest absolute Gasteiger partial charge is 0.462 e. The van der Waals surface area contributed by atoms with Crippen LogP contribution in [-0.2, 0) is 33.3 Å². The summed E-state index contributed by atoms with van der Waals surface area (Å²) in [6.45, 7) is 20.8. The third-order valence-corrected chi connectivity index (χ3v) is 17.8. The van der Waals surface area contributed by atoms with E-state index in [0.717, 1.165) is 89.2 Å². The van der Waals surface area contributed by atoms with Crippen molar-refractivity contribution in [3.05, 3.63) is 46.6 Å². The number of ether oxygens (including phenoxy) is 5. The summed E-state index contributed by atoms with van der Waals surface area (Å²) >= 11 is 0. The highest BCUT2D eigenvalue weighted by Gasteiger charge is 2.64. The third-order valence-electron chi connectivity index (χ3n) is 17.8. The number of unbranched alkanes of at least 4 members (excludes halogenated alkanes) is 12. The van der Waals surface area contributed by atoms with Crippen molar-refractivity contribution in [3.8, 4) is 0 Å². The van der Waals surface area contributed by atoms with Crippen LogP contribution in [0.3, 0.4) is 0 Å². The molecule has 0 aromatic heterocycles. The first kappa shape index (κ1) is 53.2. The minimum absolute atomic E-state index is 0.0590. The van der Waals surface area contributed by atoms with Crippen molar-refractivity contribution >= 4 is 17.7 Å². The molecule has 382 valence electrons. The normalized spacial score (nSPS) is 37.1. The van der Waals surface area contributed by atoms with Crippen LogP contribution in [0.25, 0.3) is 0 Å². The zero-order valence-electron chi connectivity index (χ0n) is 43.9. The van der Waals surface area contributed by atoms with Gasteiger partial charge in [-0.2, -0.15) is 0 Å². The molecule has 0 radical (unpaired) electrons. The van der Waals surface area contributed by atoms with Crippen LogP contribution >= 0.6 is 0 Å². The van der Waals surface area contributed by atoms with E-state index < -0.39 is 23.3 Å². The third kappa shape index (κ3) is 12.9. The first-order chi connectivity index (χ1) is 32.6. The van der Waals surface area contributed by atoms with Gasteiger partial charge in [0.25, 0.3) is 0 Å². The Morgan fingerprint density at radius 1 is 0.809 bits per heavy atom. The Bertz CT molecular complexity index is 1880. The highest BCUT2D eigenvalue weighted by atomic mass is 16.8. The standard InChI is InChI=1S/C59H93NO8/c1-9-10-11-12-13-14-15-16-17-18-19-20-21-25-54(61)64-49-38-58-33-29-47(66-58)27-26-42(3)35-51-46(7)50(52-36-43(4)55(62)65-52)30-32-57(51)37-44(5)45(6)40-60-53(57)24-22-23-41(2)34-48-28-31-56(8,63)59(39-49,67-48)68-58/h35-36,44-45,47-49,51-52,63H,2,9-34,37-40H2,1,3-8H3. The molecule has 7 aliphatic rings. The van der Waals surface area contributed by atoms with Crippen LogP contribution in [0.2, 0.25) is 0 Å². The van der Waals surface area contributed by atoms with Gasteiger partial charge in [0.1, 0.15) is 17.8 Å². The molecule has 0 aromatic rings. The molecule has 11 atom stereocenters. The average molecular weight is 944 g/mol. The molecule has 1 N–H and O–H groups in total. The van der Waals surface area contributed by atoms with Gasteiger partial charge in [-0.1, -0.05) is 127 Å². The number of hydrogen-bond donors (Lipinski definition) is 1. The molecule has 0 aromatic carbocycles. The number of rotatable bonds is 16. The average Bonchev–Trinajstić information content (AvgIpc) is 3.81. The van der Waals surface area contributed by atoms with E-state index in [1.165, 1.54) is 86.6 Å². The molecule has 0 amide bonds. The zero-order chi connectivity index (χ0) is 48.5. The number of carbonyl (C=O) groups excluding carboxylic acids is 2. The molecule has 6 heterocycles. The van der Waals surface area contributed by atoms with Gasteiger partial charge in [-0.25, -0.2) is 4.79 Å². The molecule has 9 heteroatoms. The second kappa shape index (κ2) is 23.8. The van der Waals surface area contributed by atoms with Gasteiger partial charge in [-0.15, -0.1) is 0 Å². The lowest BCUT2D eigenvalue weighted by Crippen LogP contribution is -2.68. The summed E-state index contributed by atoms with van der Waals surface area (Å²) < 4.78 is 33.6. The van der Waals surface area contributed by atoms with Gasteiger partial charge < -0.3 is 28.8 Å². The fraction of sp³-hybridized carbons (Fsp3) is 0.814. The molecular weight excluding hydrogens is 851 g/mol. The summed E-state index contributed by atoms with van der Waals surface area (Å²) in [5, 5.41) is 12.3. The maximum atomic E-state index is 13.6. The van der Waals surface area contributed by atoms with Crippen molar-refractivity contribution in [1.29, 1.82) is 0 Å². The van der Waals surface area contributed by atoms with Crippen molar-refractivity contribution < 1.29 is 38.4 Å². The van der Waals surface area contributed by atoms with Crippen molar-refractivity contribution in [2.45, 2.75) is 276 Å². The Labute approximate surface area is 412 Å². The van der Waals surface area contributed by atoms with Crippen LogP contribution in [0, 0.1) is 23.2 Å². The van der Waals surface area contributed by atoms with Crippen molar-refractivity contribution in [3.63, 3.8) is 0 Å². The summed E-state index contributed by atoms with van der Waals surface area (Å²) in [5.41, 5.74) is 5.66. The number of allylic oxidation sites excluding steroid dienone is 3. The quantitative estimate of drug-likeness (QED) is 0.0925. The second-order valence-electron chi connectivity index (χ2n) is 23.4. The topological polar surface area (TPSA) is 113 Å². The smallest absolute Gasteiger partial charge is 0.334 e. The molecule has 11 unspecified atom stereocenters. The number of aliphatic imine (C=N–C) groups is 1. The van der Waals surface area contributed by atoms with E-state index in [1.807, 2.05) is 19.9 Å². The zero-order valence-corrected chi connectivity index (χ0v) is 43.9. The Morgan fingerprint density at radius 3 is 2.19 bits per heavy atom. The van der Waals surface area contributed by atoms with Gasteiger partial charge >= 0.3 is 11.9 Å². The SMILES string of the molecule is C=C1CCCC2=NCC(C)C(C)CC23CCC(C2C=C(C)C(=O)O2)=C(C)C3C=C(C)CCC2CCC3(CC(OC(=O)CCCCCCCCCCCCCCC)CC4(OC(CCC4(C)O)C1)O3)O2. The van der Waals surface area contributed by atoms with Crippen LogP contribution in [0.4, 0.5) is 0 Å². The second-order valence-corrected chi connectivity index (χ2v) is 23.4. The van der Waals surface area contributed by atoms with E-state index in [2.05, 4.69) is 47.3 Å². The fourth-order valence-corrected chi connectivity index (χ4v) is 13.3. The number of aliphatic hydroxyl groups is 1. The van der Waals surface area contributed by atoms with Crippen LogP contribution in [0.5, 0.6) is 0 Å². The summed E-state index contributed by atoms with van der Waals surface area (Å²) in [4.78, 5) is 31.8. The number of fused-ring (bicyclic) bond motifs is 2. The van der Waals surface area contributed by atoms with Crippen LogP contribution in [0.15, 0.2) is 51.6 Å². The Hall–Kier alpha value is -2.59. The van der Waals surface area contributed by atoms with Crippen LogP contribution in [0.1, 0.15) is 235 Å². The molecule has 6 aliphatic heterocycles. The van der Waals surface area contributed by atoms with E-state index in [0.29, 0.717) is 55.9 Å². The summed E-state index contributed by atoms with van der Waals surface area (Å²) in [7, 11) is 0. The van der Waals surface area contributed by atoms with E-state index in [-0.39, 0.29) is 48.0 Å². The molecule has 0 saturated carbocycles. The number of nitrogens with zero attached hydrogens (tertiary/aromatic N) is 1. The lowest BCUT2D eigenvalue weighted by molar-refractivity contribution is -0.444. The summed E-state index contributed by atoms with van der Waals surface area (Å²) in [6.07, 6.45) is 31.7. The maximum absolute atomic E-state index is 13.6. The first-order valence-corrected chi connectivity index (χ1v) is 28.0. The predicted molar refractivity (Wildman–Crippen MR) is 272 cm³/mol. The Kier molecular flexibility index (Phi) is 18.6. The molecule has 3 fully saturated rings. The van der Waals surface area contributed by atoms with Crippen LogP contribution < -0.4 is 0 Å². The number of carbonyl (C=O) groups is 2. The number of esters is 2. The Balaban J connectivity index is 1.07. The lowest BCUT2D eigenvalue weighted by atomic mass is 9.56. The van der Waals surface area contributed by atoms with Gasteiger partial charge in [0.15, 0.2) is 5.79 Å². The van der Waals surface area contributed by atoms with E-state index >= 15 is 0 Å². The monoisotopic (exact) mass is 944 g/mol. The molecule has 3 spiro atoms. The molecular formula is C59H93NO8. The van der Waals surface area contributed by atoms with Gasteiger partial charge in [-0.05, 0) is 135 Å². The number of cyclic esters (lactones) is 1. The van der Waals surface area contributed by atoms with Crippen molar-refractivity contribution in [2.24, 2.45) is 28.2 Å². The van der Waals surface area contributed by atoms with Gasteiger partial charge in [-0.3, -0.25) is 9.79 Å². The predicted octanol–water partition coefficient (Wildman–Crippen LogP) is 14.2. The summed E-state index contributed by atoms with van der Waals surface area (Å²) in [6, 6.07) is 0.